The summed E-state index contributed by atoms with van der Waals surface area (Å²) in [5.74, 6) is 0.441. The van der Waals surface area contributed by atoms with E-state index < -0.39 is 0 Å². The van der Waals surface area contributed by atoms with Crippen LogP contribution in [0.25, 0.3) is 0 Å². The fourth-order valence-electron chi connectivity index (χ4n) is 2.84. The lowest BCUT2D eigenvalue weighted by atomic mass is 10.1. The molecule has 1 saturated carbocycles. The molecule has 1 heterocycles. The molecule has 0 saturated heterocycles. The molecule has 1 fully saturated rings. The molecule has 0 atom stereocenters. The predicted molar refractivity (Wildman–Crippen MR) is 114 cm³/mol. The quantitative estimate of drug-likeness (QED) is 0.282. The predicted octanol–water partition coefficient (Wildman–Crippen LogP) is 2.48. The zero-order chi connectivity index (χ0) is 21.7. The van der Waals surface area contributed by atoms with Gasteiger partial charge in [0.2, 0.25) is 5.91 Å². The van der Waals surface area contributed by atoms with Crippen molar-refractivity contribution < 1.29 is 14.3 Å². The summed E-state index contributed by atoms with van der Waals surface area (Å²) in [6.45, 7) is 1.73. The second-order valence-corrected chi connectivity index (χ2v) is 6.69. The van der Waals surface area contributed by atoms with Crippen molar-refractivity contribution in [2.75, 3.05) is 17.7 Å². The molecule has 10 heteroatoms. The standard InChI is InChI=1S/C20H23N7O3/c1-3-15(28)17-14(9-16(26-27-17)25-20(29)11-7-8-11)24-13-6-4-5-12(18(13)30-2)19(22)23-10-21/h4-6,9-11H,3,7-8H2,1-2H3,(H3,21,22,23)(H2,24,25,26,29). The number of rotatable bonds is 9. The fraction of sp³-hybridized carbons (Fsp3) is 0.300. The number of anilines is 3. The number of nitrogens with zero attached hydrogens (tertiary/aromatic N) is 3. The van der Waals surface area contributed by atoms with E-state index in [2.05, 4.69) is 25.8 Å². The third kappa shape index (κ3) is 4.59. The summed E-state index contributed by atoms with van der Waals surface area (Å²) in [7, 11) is 1.48. The van der Waals surface area contributed by atoms with Crippen molar-refractivity contribution in [3.05, 3.63) is 35.5 Å². The van der Waals surface area contributed by atoms with Crippen LogP contribution in [0.1, 0.15) is 42.2 Å². The van der Waals surface area contributed by atoms with E-state index in [9.17, 15) is 9.59 Å². The normalized spacial score (nSPS) is 13.5. The molecule has 0 aliphatic heterocycles. The van der Waals surface area contributed by atoms with Gasteiger partial charge in [-0.1, -0.05) is 13.0 Å². The van der Waals surface area contributed by atoms with Crippen molar-refractivity contribution in [2.45, 2.75) is 26.2 Å². The van der Waals surface area contributed by atoms with Gasteiger partial charge in [0.15, 0.2) is 23.0 Å². The molecule has 1 amide bonds. The van der Waals surface area contributed by atoms with Gasteiger partial charge in [0.05, 0.1) is 24.0 Å². The zero-order valence-electron chi connectivity index (χ0n) is 16.7. The highest BCUT2D eigenvalue weighted by Gasteiger charge is 2.30. The summed E-state index contributed by atoms with van der Waals surface area (Å²) in [6.07, 6.45) is 2.81. The van der Waals surface area contributed by atoms with E-state index >= 15 is 0 Å². The maximum Gasteiger partial charge on any atom is 0.228 e. The molecule has 0 bridgehead atoms. The fourth-order valence-corrected chi connectivity index (χ4v) is 2.84. The number of nitrogens with one attached hydrogen (secondary N) is 3. The third-order valence-electron chi connectivity index (χ3n) is 4.55. The lowest BCUT2D eigenvalue weighted by molar-refractivity contribution is -0.117. The van der Waals surface area contributed by atoms with Gasteiger partial charge in [0.1, 0.15) is 12.2 Å². The Morgan fingerprint density at radius 3 is 2.73 bits per heavy atom. The second kappa shape index (κ2) is 9.12. The van der Waals surface area contributed by atoms with Crippen molar-refractivity contribution >= 4 is 41.1 Å². The largest absolute Gasteiger partial charge is 0.494 e. The molecule has 2 aromatic rings. The second-order valence-electron chi connectivity index (χ2n) is 6.69. The Bertz CT molecular complexity index is 1020. The van der Waals surface area contributed by atoms with Gasteiger partial charge in [-0.15, -0.1) is 10.2 Å². The van der Waals surface area contributed by atoms with Gasteiger partial charge in [-0.25, -0.2) is 4.99 Å². The van der Waals surface area contributed by atoms with Crippen molar-refractivity contribution in [1.82, 2.24) is 10.2 Å². The number of amidine groups is 1. The van der Waals surface area contributed by atoms with E-state index in [1.807, 2.05) is 0 Å². The minimum absolute atomic E-state index is 0.00744. The van der Waals surface area contributed by atoms with Gasteiger partial charge >= 0.3 is 0 Å². The van der Waals surface area contributed by atoms with Gasteiger partial charge in [0, 0.05) is 18.4 Å². The number of benzene rings is 1. The van der Waals surface area contributed by atoms with Crippen LogP contribution in [0.2, 0.25) is 0 Å². The third-order valence-corrected chi connectivity index (χ3v) is 4.55. The number of aliphatic imine (C=N–C) groups is 1. The number of amides is 1. The van der Waals surface area contributed by atoms with Crippen molar-refractivity contribution in [3.8, 4) is 5.75 Å². The molecule has 0 unspecified atom stereocenters. The summed E-state index contributed by atoms with van der Waals surface area (Å²) >= 11 is 0. The van der Waals surface area contributed by atoms with Gasteiger partial charge in [-0.3, -0.25) is 15.0 Å². The summed E-state index contributed by atoms with van der Waals surface area (Å²) in [5, 5.41) is 21.0. The van der Waals surface area contributed by atoms with Gasteiger partial charge in [-0.2, -0.15) is 0 Å². The summed E-state index contributed by atoms with van der Waals surface area (Å²) in [6, 6.07) is 6.75. The van der Waals surface area contributed by atoms with E-state index in [1.165, 1.54) is 7.11 Å². The van der Waals surface area contributed by atoms with E-state index in [1.54, 1.807) is 31.2 Å². The minimum atomic E-state index is -0.204. The van der Waals surface area contributed by atoms with Gasteiger partial charge in [-0.05, 0) is 25.0 Å². The molecule has 0 spiro atoms. The Morgan fingerprint density at radius 2 is 2.10 bits per heavy atom. The molecule has 1 aliphatic carbocycles. The number of ketones is 1. The van der Waals surface area contributed by atoms with E-state index in [-0.39, 0.29) is 41.4 Å². The Labute approximate surface area is 173 Å². The van der Waals surface area contributed by atoms with Gasteiger partial charge < -0.3 is 21.1 Å². The average Bonchev–Trinajstić information content (AvgIpc) is 3.59. The first-order valence-electron chi connectivity index (χ1n) is 9.46. The number of hydrogen-bond donors (Lipinski definition) is 4. The molecule has 1 aromatic carbocycles. The average molecular weight is 409 g/mol. The number of hydrogen-bond acceptors (Lipinski definition) is 7. The Hall–Kier alpha value is -3.82. The van der Waals surface area contributed by atoms with Crippen LogP contribution >= 0.6 is 0 Å². The van der Waals surface area contributed by atoms with Crippen LogP contribution in [-0.4, -0.2) is 41.2 Å². The van der Waals surface area contributed by atoms with Crippen molar-refractivity contribution in [3.63, 3.8) is 0 Å². The molecule has 5 N–H and O–H groups in total. The first-order valence-corrected chi connectivity index (χ1v) is 9.46. The highest BCUT2D eigenvalue weighted by atomic mass is 16.5. The lowest BCUT2D eigenvalue weighted by Gasteiger charge is -2.16. The number of ether oxygens (including phenoxy) is 1. The smallest absolute Gasteiger partial charge is 0.228 e. The monoisotopic (exact) mass is 409 g/mol. The summed E-state index contributed by atoms with van der Waals surface area (Å²) in [4.78, 5) is 28.2. The van der Waals surface area contributed by atoms with E-state index in [4.69, 9.17) is 15.9 Å². The van der Waals surface area contributed by atoms with Gasteiger partial charge in [0.25, 0.3) is 0 Å². The maximum atomic E-state index is 12.4. The summed E-state index contributed by atoms with van der Waals surface area (Å²) < 4.78 is 5.49. The Morgan fingerprint density at radius 1 is 1.33 bits per heavy atom. The number of aromatic nitrogens is 2. The van der Waals surface area contributed by atoms with E-state index in [0.717, 1.165) is 19.2 Å². The van der Waals surface area contributed by atoms with Crippen LogP contribution < -0.4 is 21.1 Å². The number of para-hydroxylation sites is 1. The SMILES string of the molecule is CCC(=O)c1nnc(NC(=O)C2CC2)cc1Nc1cccc(C(N)=NC=N)c1OC. The van der Waals surface area contributed by atoms with Crippen LogP contribution in [0.4, 0.5) is 17.2 Å². The Balaban J connectivity index is 2.00. The van der Waals surface area contributed by atoms with Crippen LogP contribution in [0, 0.1) is 11.3 Å². The molecule has 1 aromatic heterocycles. The highest BCUT2D eigenvalue weighted by Crippen LogP contribution is 2.33. The molecule has 10 nitrogen and oxygen atoms in total. The van der Waals surface area contributed by atoms with Crippen LogP contribution in [0.5, 0.6) is 5.75 Å². The Kier molecular flexibility index (Phi) is 6.35. The number of carbonyl (C=O) groups is 2. The number of carbonyl (C=O) groups excluding carboxylic acids is 2. The van der Waals surface area contributed by atoms with Crippen LogP contribution in [0.15, 0.2) is 29.3 Å². The molecule has 0 radical (unpaired) electrons. The summed E-state index contributed by atoms with van der Waals surface area (Å²) in [5.41, 5.74) is 7.44. The first-order chi connectivity index (χ1) is 14.5. The molecular weight excluding hydrogens is 386 g/mol. The highest BCUT2D eigenvalue weighted by molar-refractivity contribution is 6.05. The minimum Gasteiger partial charge on any atom is -0.494 e. The van der Waals surface area contributed by atoms with Crippen molar-refractivity contribution in [2.24, 2.45) is 16.6 Å². The number of methoxy groups -OCH3 is 1. The maximum absolute atomic E-state index is 12.4. The lowest BCUT2D eigenvalue weighted by Crippen LogP contribution is -2.17. The molecular formula is C20H23N7O3. The van der Waals surface area contributed by atoms with Crippen molar-refractivity contribution in [1.29, 1.82) is 5.41 Å². The molecule has 3 rings (SSSR count). The number of nitrogens with two attached hydrogens (primary N) is 1. The molecule has 156 valence electrons. The first kappa shape index (κ1) is 20.9. The van der Waals surface area contributed by atoms with Crippen LogP contribution in [-0.2, 0) is 4.79 Å². The molecule has 1 aliphatic rings. The van der Waals surface area contributed by atoms with E-state index in [0.29, 0.717) is 22.7 Å². The zero-order valence-corrected chi connectivity index (χ0v) is 16.7. The molecule has 30 heavy (non-hydrogen) atoms. The van der Waals surface area contributed by atoms with Crippen LogP contribution in [0.3, 0.4) is 0 Å². The number of Topliss-reactive ketones (excluding diaryl/α,β-unsaturated/α-hetero) is 1. The topological polar surface area (TPSA) is 155 Å².